The summed E-state index contributed by atoms with van der Waals surface area (Å²) in [6, 6.07) is 17.0. The Labute approximate surface area is 132 Å². The number of hydrogen-bond donors (Lipinski definition) is 0. The molecule has 0 aliphatic rings. The second-order valence-corrected chi connectivity index (χ2v) is 5.85. The molecule has 0 spiro atoms. The highest BCUT2D eigenvalue weighted by atomic mass is 15.0. The van der Waals surface area contributed by atoms with Gasteiger partial charge in [0.15, 0.2) is 6.20 Å². The first-order chi connectivity index (χ1) is 10.6. The third kappa shape index (κ3) is 2.64. The molecule has 1 heterocycles. The minimum Gasteiger partial charge on any atom is -0.240 e. The van der Waals surface area contributed by atoms with E-state index in [1.807, 2.05) is 0 Å². The van der Waals surface area contributed by atoms with Crippen LogP contribution >= 0.6 is 0 Å². The van der Waals surface area contributed by atoms with E-state index < -0.39 is 0 Å². The zero-order valence-corrected chi connectivity index (χ0v) is 13.6. The van der Waals surface area contributed by atoms with E-state index in [4.69, 9.17) is 4.98 Å². The third-order valence-electron chi connectivity index (χ3n) is 4.05. The topological polar surface area (TPSA) is 16.8 Å². The normalized spacial score (nSPS) is 10.7. The highest BCUT2D eigenvalue weighted by molar-refractivity contribution is 5.65. The van der Waals surface area contributed by atoms with Gasteiger partial charge in [-0.15, -0.1) is 0 Å². The summed E-state index contributed by atoms with van der Waals surface area (Å²) in [5.74, 6) is 0. The van der Waals surface area contributed by atoms with Crippen molar-refractivity contribution in [1.82, 2.24) is 4.98 Å². The number of aromatic nitrogens is 2. The van der Waals surface area contributed by atoms with Gasteiger partial charge in [0.25, 0.3) is 0 Å². The number of aryl methyl sites for hydroxylation is 4. The highest BCUT2D eigenvalue weighted by Gasteiger charge is 2.18. The Balaban J connectivity index is 2.13. The summed E-state index contributed by atoms with van der Waals surface area (Å²) in [6.45, 7) is 6.33. The van der Waals surface area contributed by atoms with E-state index in [9.17, 15) is 0 Å². The van der Waals surface area contributed by atoms with Crippen LogP contribution in [-0.4, -0.2) is 4.98 Å². The summed E-state index contributed by atoms with van der Waals surface area (Å²) in [6.07, 6.45) is 2.11. The van der Waals surface area contributed by atoms with Gasteiger partial charge in [0, 0.05) is 5.56 Å². The van der Waals surface area contributed by atoms with E-state index in [2.05, 4.69) is 87.1 Å². The average Bonchev–Trinajstić information content (AvgIpc) is 2.49. The van der Waals surface area contributed by atoms with Gasteiger partial charge in [-0.25, -0.2) is 4.98 Å². The molecule has 0 fully saturated rings. The minimum atomic E-state index is 1.01. The van der Waals surface area contributed by atoms with Gasteiger partial charge in [-0.1, -0.05) is 48.0 Å². The van der Waals surface area contributed by atoms with Crippen LogP contribution < -0.4 is 4.57 Å². The lowest BCUT2D eigenvalue weighted by Crippen LogP contribution is -2.33. The van der Waals surface area contributed by atoms with Gasteiger partial charge >= 0.3 is 0 Å². The summed E-state index contributed by atoms with van der Waals surface area (Å²) in [5, 5.41) is 0. The molecule has 0 unspecified atom stereocenters. The molecule has 0 aliphatic carbocycles. The summed E-state index contributed by atoms with van der Waals surface area (Å²) in [4.78, 5) is 4.83. The number of nitrogens with zero attached hydrogens (tertiary/aromatic N) is 2. The Kier molecular flexibility index (Phi) is 3.76. The predicted molar refractivity (Wildman–Crippen MR) is 90.5 cm³/mol. The lowest BCUT2D eigenvalue weighted by molar-refractivity contribution is -0.660. The van der Waals surface area contributed by atoms with E-state index in [1.165, 1.54) is 22.4 Å². The molecule has 110 valence electrons. The second-order valence-electron chi connectivity index (χ2n) is 5.85. The lowest BCUT2D eigenvalue weighted by Gasteiger charge is -2.09. The SMILES string of the molecule is Cc1ccc(-c2c[n+](C)c(-c3ccccc3C)c(C)n2)cc1. The molecule has 2 heteroatoms. The molecule has 3 aromatic rings. The van der Waals surface area contributed by atoms with Crippen molar-refractivity contribution in [2.24, 2.45) is 7.05 Å². The van der Waals surface area contributed by atoms with Crippen molar-refractivity contribution >= 4 is 0 Å². The smallest absolute Gasteiger partial charge is 0.233 e. The van der Waals surface area contributed by atoms with Crippen LogP contribution in [0.1, 0.15) is 16.8 Å². The highest BCUT2D eigenvalue weighted by Crippen LogP contribution is 2.24. The van der Waals surface area contributed by atoms with Gasteiger partial charge in [-0.05, 0) is 32.4 Å². The van der Waals surface area contributed by atoms with Crippen molar-refractivity contribution in [3.8, 4) is 22.5 Å². The molecule has 0 amide bonds. The average molecular weight is 289 g/mol. The van der Waals surface area contributed by atoms with Crippen molar-refractivity contribution in [2.45, 2.75) is 20.8 Å². The first-order valence-electron chi connectivity index (χ1n) is 7.56. The molecule has 0 saturated carbocycles. The van der Waals surface area contributed by atoms with E-state index in [-0.39, 0.29) is 0 Å². The maximum Gasteiger partial charge on any atom is 0.233 e. The quantitative estimate of drug-likeness (QED) is 0.647. The minimum absolute atomic E-state index is 1.01. The molecule has 3 rings (SSSR count). The molecule has 22 heavy (non-hydrogen) atoms. The molecular weight excluding hydrogens is 268 g/mol. The molecule has 2 nitrogen and oxygen atoms in total. The van der Waals surface area contributed by atoms with Gasteiger partial charge in [-0.2, -0.15) is 4.57 Å². The molecule has 0 atom stereocenters. The van der Waals surface area contributed by atoms with Crippen LogP contribution in [0.3, 0.4) is 0 Å². The second kappa shape index (κ2) is 5.72. The Morgan fingerprint density at radius 3 is 2.18 bits per heavy atom. The predicted octanol–water partition coefficient (Wildman–Crippen LogP) is 4.17. The van der Waals surface area contributed by atoms with E-state index in [0.717, 1.165) is 17.0 Å². The Morgan fingerprint density at radius 1 is 0.864 bits per heavy atom. The third-order valence-corrected chi connectivity index (χ3v) is 4.05. The molecule has 0 bridgehead atoms. The van der Waals surface area contributed by atoms with Crippen LogP contribution in [-0.2, 0) is 7.05 Å². The maximum atomic E-state index is 4.83. The fourth-order valence-electron chi connectivity index (χ4n) is 2.85. The fourth-order valence-corrected chi connectivity index (χ4v) is 2.85. The molecule has 1 aromatic heterocycles. The summed E-state index contributed by atoms with van der Waals surface area (Å²) in [5.41, 5.74) is 8.17. The van der Waals surface area contributed by atoms with Gasteiger partial charge in [-0.3, -0.25) is 0 Å². The van der Waals surface area contributed by atoms with E-state index in [1.54, 1.807) is 0 Å². The van der Waals surface area contributed by atoms with Crippen molar-refractivity contribution in [1.29, 1.82) is 0 Å². The molecule has 0 radical (unpaired) electrons. The lowest BCUT2D eigenvalue weighted by atomic mass is 10.0. The van der Waals surface area contributed by atoms with Gasteiger partial charge in [0.2, 0.25) is 5.69 Å². The van der Waals surface area contributed by atoms with Crippen LogP contribution in [0.4, 0.5) is 0 Å². The van der Waals surface area contributed by atoms with Crippen LogP contribution in [0.5, 0.6) is 0 Å². The fraction of sp³-hybridized carbons (Fsp3) is 0.200. The standard InChI is InChI=1S/C20H21N2/c1-14-9-11-17(12-10-14)19-13-22(4)20(16(3)21-19)18-8-6-5-7-15(18)2/h5-13H,1-4H3/q+1. The van der Waals surface area contributed by atoms with Crippen molar-refractivity contribution in [3.05, 3.63) is 71.5 Å². The first kappa shape index (κ1) is 14.5. The van der Waals surface area contributed by atoms with Crippen molar-refractivity contribution < 1.29 is 4.57 Å². The van der Waals surface area contributed by atoms with E-state index >= 15 is 0 Å². The Morgan fingerprint density at radius 2 is 1.55 bits per heavy atom. The van der Waals surface area contributed by atoms with Gasteiger partial charge < -0.3 is 0 Å². The largest absolute Gasteiger partial charge is 0.240 e. The first-order valence-corrected chi connectivity index (χ1v) is 7.56. The monoisotopic (exact) mass is 289 g/mol. The summed E-state index contributed by atoms with van der Waals surface area (Å²) >= 11 is 0. The van der Waals surface area contributed by atoms with Crippen LogP contribution in [0.15, 0.2) is 54.7 Å². The molecule has 2 aromatic carbocycles. The van der Waals surface area contributed by atoms with Gasteiger partial charge in [0.05, 0.1) is 5.56 Å². The van der Waals surface area contributed by atoms with Crippen molar-refractivity contribution in [3.63, 3.8) is 0 Å². The Bertz CT molecular complexity index is 794. The van der Waals surface area contributed by atoms with Gasteiger partial charge in [0.1, 0.15) is 18.4 Å². The molecular formula is C20H21N2+. The molecule has 0 N–H and O–H groups in total. The summed E-state index contributed by atoms with van der Waals surface area (Å²) < 4.78 is 2.18. The van der Waals surface area contributed by atoms with Crippen LogP contribution in [0.2, 0.25) is 0 Å². The number of hydrogen-bond acceptors (Lipinski definition) is 1. The van der Waals surface area contributed by atoms with E-state index in [0.29, 0.717) is 0 Å². The summed E-state index contributed by atoms with van der Waals surface area (Å²) in [7, 11) is 2.09. The number of rotatable bonds is 2. The van der Waals surface area contributed by atoms with Crippen LogP contribution in [0, 0.1) is 20.8 Å². The van der Waals surface area contributed by atoms with Crippen LogP contribution in [0.25, 0.3) is 22.5 Å². The Hall–Kier alpha value is -2.48. The number of benzene rings is 2. The molecule has 0 saturated heterocycles. The maximum absolute atomic E-state index is 4.83. The molecule has 0 aliphatic heterocycles. The van der Waals surface area contributed by atoms with Crippen molar-refractivity contribution in [2.75, 3.05) is 0 Å². The zero-order valence-electron chi connectivity index (χ0n) is 13.6. The zero-order chi connectivity index (χ0) is 15.7.